The number of aliphatic carboxylic acids is 1. The highest BCUT2D eigenvalue weighted by atomic mass is 16.5. The largest absolute Gasteiger partial charge is 0.480 e. The van der Waals surface area contributed by atoms with Gasteiger partial charge in [0, 0.05) is 19.6 Å². The number of hydrogen-bond donors (Lipinski definition) is 2. The van der Waals surface area contributed by atoms with Crippen molar-refractivity contribution in [2.45, 2.75) is 39.9 Å². The van der Waals surface area contributed by atoms with E-state index >= 15 is 0 Å². The zero-order valence-electron chi connectivity index (χ0n) is 12.1. The molecule has 19 heavy (non-hydrogen) atoms. The highest BCUT2D eigenvalue weighted by molar-refractivity contribution is 5.85. The van der Waals surface area contributed by atoms with Crippen molar-refractivity contribution in [1.82, 2.24) is 10.2 Å². The zero-order chi connectivity index (χ0) is 14.6. The van der Waals surface area contributed by atoms with Gasteiger partial charge in [-0.05, 0) is 27.7 Å². The van der Waals surface area contributed by atoms with E-state index in [0.29, 0.717) is 6.54 Å². The Morgan fingerprint density at radius 1 is 1.32 bits per heavy atom. The molecule has 0 radical (unpaired) electrons. The fourth-order valence-electron chi connectivity index (χ4n) is 2.44. The molecule has 0 aliphatic carbocycles. The predicted octanol–water partition coefficient (Wildman–Crippen LogP) is 0.323. The van der Waals surface area contributed by atoms with Crippen molar-refractivity contribution in [1.29, 1.82) is 0 Å². The van der Waals surface area contributed by atoms with Crippen LogP contribution in [0.15, 0.2) is 0 Å². The van der Waals surface area contributed by atoms with Crippen LogP contribution in [0.4, 0.5) is 0 Å². The number of nitrogens with one attached hydrogen (secondary N) is 1. The van der Waals surface area contributed by atoms with Gasteiger partial charge >= 0.3 is 5.97 Å². The lowest BCUT2D eigenvalue weighted by molar-refractivity contribution is -0.140. The number of carbonyl (C=O) groups is 2. The van der Waals surface area contributed by atoms with Gasteiger partial charge in [-0.1, -0.05) is 0 Å². The monoisotopic (exact) mass is 272 g/mol. The van der Waals surface area contributed by atoms with Crippen LogP contribution in [0.2, 0.25) is 0 Å². The Bertz CT molecular complexity index is 334. The SMILES string of the molecule is CC1CN(CC(C)(C)C(=O)NCC(=O)O)CC(C)O1. The molecule has 1 aliphatic rings. The Kier molecular flexibility index (Phi) is 5.31. The Morgan fingerprint density at radius 3 is 2.32 bits per heavy atom. The first kappa shape index (κ1) is 15.9. The van der Waals surface area contributed by atoms with Crippen LogP contribution in [-0.2, 0) is 14.3 Å². The molecule has 1 saturated heterocycles. The second kappa shape index (κ2) is 6.34. The van der Waals surface area contributed by atoms with Gasteiger partial charge in [0.1, 0.15) is 6.54 Å². The molecule has 110 valence electrons. The summed E-state index contributed by atoms with van der Waals surface area (Å²) < 4.78 is 5.65. The van der Waals surface area contributed by atoms with Crippen LogP contribution in [-0.4, -0.2) is 60.3 Å². The van der Waals surface area contributed by atoms with E-state index in [2.05, 4.69) is 10.2 Å². The van der Waals surface area contributed by atoms with Crippen LogP contribution < -0.4 is 5.32 Å². The smallest absolute Gasteiger partial charge is 0.322 e. The van der Waals surface area contributed by atoms with Crippen LogP contribution in [0.1, 0.15) is 27.7 Å². The standard InChI is InChI=1S/C13H24N2O4/c1-9-6-15(7-10(2)19-9)8-13(3,4)12(18)14-5-11(16)17/h9-10H,5-8H2,1-4H3,(H,14,18)(H,16,17). The summed E-state index contributed by atoms with van der Waals surface area (Å²) in [5.41, 5.74) is -0.619. The van der Waals surface area contributed by atoms with Gasteiger partial charge in [-0.3, -0.25) is 14.5 Å². The third-order valence-corrected chi connectivity index (χ3v) is 3.13. The van der Waals surface area contributed by atoms with E-state index < -0.39 is 11.4 Å². The summed E-state index contributed by atoms with van der Waals surface area (Å²) in [4.78, 5) is 24.6. The molecular formula is C13H24N2O4. The first-order valence-electron chi connectivity index (χ1n) is 6.58. The second-order valence-corrected chi connectivity index (χ2v) is 5.91. The van der Waals surface area contributed by atoms with E-state index in [1.165, 1.54) is 0 Å². The average Bonchev–Trinajstić information content (AvgIpc) is 2.23. The van der Waals surface area contributed by atoms with Crippen molar-refractivity contribution >= 4 is 11.9 Å². The molecule has 1 aliphatic heterocycles. The van der Waals surface area contributed by atoms with Gasteiger partial charge in [-0.2, -0.15) is 0 Å². The summed E-state index contributed by atoms with van der Waals surface area (Å²) in [6, 6.07) is 0. The molecule has 2 atom stereocenters. The van der Waals surface area contributed by atoms with Crippen molar-refractivity contribution < 1.29 is 19.4 Å². The van der Waals surface area contributed by atoms with Crippen molar-refractivity contribution in [2.24, 2.45) is 5.41 Å². The highest BCUT2D eigenvalue weighted by Crippen LogP contribution is 2.20. The molecule has 1 amide bonds. The van der Waals surface area contributed by atoms with Crippen LogP contribution in [0.25, 0.3) is 0 Å². The topological polar surface area (TPSA) is 78.9 Å². The fraction of sp³-hybridized carbons (Fsp3) is 0.846. The Morgan fingerprint density at radius 2 is 1.84 bits per heavy atom. The Hall–Kier alpha value is -1.14. The number of ether oxygens (including phenoxy) is 1. The summed E-state index contributed by atoms with van der Waals surface area (Å²) in [6.07, 6.45) is 0.309. The van der Waals surface area contributed by atoms with Gasteiger partial charge in [-0.25, -0.2) is 0 Å². The highest BCUT2D eigenvalue weighted by Gasteiger charge is 2.33. The fourth-order valence-corrected chi connectivity index (χ4v) is 2.44. The number of amides is 1. The van der Waals surface area contributed by atoms with Gasteiger partial charge in [-0.15, -0.1) is 0 Å². The maximum absolute atomic E-state index is 12.0. The quantitative estimate of drug-likeness (QED) is 0.753. The minimum atomic E-state index is -1.03. The van der Waals surface area contributed by atoms with E-state index in [-0.39, 0.29) is 24.7 Å². The summed E-state index contributed by atoms with van der Waals surface area (Å²) in [5.74, 6) is -1.26. The van der Waals surface area contributed by atoms with Gasteiger partial charge < -0.3 is 15.2 Å². The molecule has 0 saturated carbocycles. The van der Waals surface area contributed by atoms with E-state index in [1.54, 1.807) is 0 Å². The maximum Gasteiger partial charge on any atom is 0.322 e. The lowest BCUT2D eigenvalue weighted by atomic mass is 9.91. The number of carboxylic acids is 1. The Balaban J connectivity index is 2.52. The molecular weight excluding hydrogens is 248 g/mol. The number of rotatable bonds is 5. The second-order valence-electron chi connectivity index (χ2n) is 5.91. The molecule has 2 N–H and O–H groups in total. The molecule has 0 aromatic heterocycles. The van der Waals surface area contributed by atoms with Crippen LogP contribution in [0, 0.1) is 5.41 Å². The normalized spacial score (nSPS) is 25.1. The third-order valence-electron chi connectivity index (χ3n) is 3.13. The molecule has 0 bridgehead atoms. The zero-order valence-corrected chi connectivity index (χ0v) is 12.1. The van der Waals surface area contributed by atoms with Gasteiger partial charge in [0.25, 0.3) is 0 Å². The van der Waals surface area contributed by atoms with Gasteiger partial charge in [0.15, 0.2) is 0 Å². The van der Waals surface area contributed by atoms with Crippen LogP contribution in [0.3, 0.4) is 0 Å². The minimum absolute atomic E-state index is 0.154. The van der Waals surface area contributed by atoms with Crippen molar-refractivity contribution in [3.05, 3.63) is 0 Å². The number of morpholine rings is 1. The van der Waals surface area contributed by atoms with E-state index in [4.69, 9.17) is 9.84 Å². The first-order chi connectivity index (χ1) is 8.70. The van der Waals surface area contributed by atoms with Gasteiger partial charge in [0.2, 0.25) is 5.91 Å². The molecule has 1 fully saturated rings. The molecule has 2 unspecified atom stereocenters. The van der Waals surface area contributed by atoms with E-state index in [0.717, 1.165) is 13.1 Å². The summed E-state index contributed by atoms with van der Waals surface area (Å²) in [5, 5.41) is 11.0. The van der Waals surface area contributed by atoms with E-state index in [1.807, 2.05) is 27.7 Å². The summed E-state index contributed by atoms with van der Waals surface area (Å²) in [6.45, 7) is 9.53. The molecule has 0 aromatic rings. The van der Waals surface area contributed by atoms with Crippen LogP contribution >= 0.6 is 0 Å². The number of carboxylic acid groups (broad SMARTS) is 1. The number of hydrogen-bond acceptors (Lipinski definition) is 4. The molecule has 0 spiro atoms. The third kappa shape index (κ3) is 5.16. The van der Waals surface area contributed by atoms with Crippen LogP contribution in [0.5, 0.6) is 0 Å². The first-order valence-corrected chi connectivity index (χ1v) is 6.58. The number of nitrogens with zero attached hydrogens (tertiary/aromatic N) is 1. The molecule has 6 nitrogen and oxygen atoms in total. The summed E-state index contributed by atoms with van der Waals surface area (Å²) >= 11 is 0. The van der Waals surface area contributed by atoms with Gasteiger partial charge in [0.05, 0.1) is 17.6 Å². The molecule has 0 aromatic carbocycles. The minimum Gasteiger partial charge on any atom is -0.480 e. The van der Waals surface area contributed by atoms with Crippen molar-refractivity contribution in [3.8, 4) is 0 Å². The lowest BCUT2D eigenvalue weighted by Gasteiger charge is -2.39. The predicted molar refractivity (Wildman–Crippen MR) is 70.9 cm³/mol. The van der Waals surface area contributed by atoms with E-state index in [9.17, 15) is 9.59 Å². The molecule has 1 rings (SSSR count). The average molecular weight is 272 g/mol. The lowest BCUT2D eigenvalue weighted by Crippen LogP contribution is -2.52. The molecule has 1 heterocycles. The number of carbonyl (C=O) groups excluding carboxylic acids is 1. The van der Waals surface area contributed by atoms with Crippen molar-refractivity contribution in [3.63, 3.8) is 0 Å². The molecule has 6 heteroatoms. The maximum atomic E-state index is 12.0. The summed E-state index contributed by atoms with van der Waals surface area (Å²) in [7, 11) is 0. The Labute approximate surface area is 114 Å². The van der Waals surface area contributed by atoms with Crippen molar-refractivity contribution in [2.75, 3.05) is 26.2 Å².